The Morgan fingerprint density at radius 1 is 1.13 bits per heavy atom. The zero-order valence-corrected chi connectivity index (χ0v) is 15.6. The predicted molar refractivity (Wildman–Crippen MR) is 96.0 cm³/mol. The van der Waals surface area contributed by atoms with Gasteiger partial charge in [-0.3, -0.25) is 4.79 Å². The highest BCUT2D eigenvalue weighted by atomic mass is 16.3. The fraction of sp³-hybridized carbons (Fsp3) is 0.632. The van der Waals surface area contributed by atoms with Gasteiger partial charge in [0.1, 0.15) is 5.75 Å². The predicted octanol–water partition coefficient (Wildman–Crippen LogP) is 3.17. The van der Waals surface area contributed by atoms with E-state index in [1.165, 1.54) is 0 Å². The van der Waals surface area contributed by atoms with Crippen molar-refractivity contribution < 1.29 is 9.90 Å². The van der Waals surface area contributed by atoms with Crippen molar-refractivity contribution >= 4 is 5.91 Å². The van der Waals surface area contributed by atoms with E-state index in [4.69, 9.17) is 5.73 Å². The van der Waals surface area contributed by atoms with Crippen LogP contribution in [0.2, 0.25) is 0 Å². The van der Waals surface area contributed by atoms with E-state index in [1.54, 1.807) is 0 Å². The number of benzene rings is 1. The summed E-state index contributed by atoms with van der Waals surface area (Å²) < 4.78 is 0. The molecule has 0 fully saturated rings. The van der Waals surface area contributed by atoms with Gasteiger partial charge in [0.15, 0.2) is 0 Å². The van der Waals surface area contributed by atoms with Gasteiger partial charge >= 0.3 is 0 Å². The van der Waals surface area contributed by atoms with E-state index >= 15 is 0 Å². The van der Waals surface area contributed by atoms with Crippen LogP contribution in [0.4, 0.5) is 0 Å². The summed E-state index contributed by atoms with van der Waals surface area (Å²) in [5.74, 6) is 0.00789. The number of carbonyl (C=O) groups excluding carboxylic acids is 1. The standard InChI is InChI=1S/C19H32N2O2/c1-12(17(23)21-9-8-20)13-10-14(18(2,3)4)16(22)15(11-13)19(5,6)7/h10-12,22H,8-9,20H2,1-7H3,(H,21,23). The Hall–Kier alpha value is -1.55. The van der Waals surface area contributed by atoms with Crippen molar-refractivity contribution in [3.8, 4) is 5.75 Å². The van der Waals surface area contributed by atoms with Gasteiger partial charge in [0.05, 0.1) is 5.92 Å². The van der Waals surface area contributed by atoms with E-state index in [9.17, 15) is 9.90 Å². The van der Waals surface area contributed by atoms with Gasteiger partial charge in [-0.1, -0.05) is 53.7 Å². The summed E-state index contributed by atoms with van der Waals surface area (Å²) >= 11 is 0. The molecule has 1 atom stereocenters. The Morgan fingerprint density at radius 3 is 1.91 bits per heavy atom. The molecule has 1 unspecified atom stereocenters. The highest BCUT2D eigenvalue weighted by Gasteiger charge is 2.28. The van der Waals surface area contributed by atoms with Crippen LogP contribution >= 0.6 is 0 Å². The lowest BCUT2D eigenvalue weighted by atomic mass is 9.77. The zero-order chi connectivity index (χ0) is 18.0. The molecule has 0 radical (unpaired) electrons. The summed E-state index contributed by atoms with van der Waals surface area (Å²) in [5.41, 5.74) is 7.72. The minimum Gasteiger partial charge on any atom is -0.507 e. The summed E-state index contributed by atoms with van der Waals surface area (Å²) in [5, 5.41) is 13.6. The molecule has 0 aromatic heterocycles. The Kier molecular flexibility index (Phi) is 5.86. The van der Waals surface area contributed by atoms with Gasteiger partial charge in [0.2, 0.25) is 5.91 Å². The number of aromatic hydroxyl groups is 1. The van der Waals surface area contributed by atoms with Gasteiger partial charge in [-0.25, -0.2) is 0 Å². The fourth-order valence-corrected chi connectivity index (χ4v) is 2.55. The van der Waals surface area contributed by atoms with Crippen molar-refractivity contribution in [2.45, 2.75) is 65.2 Å². The molecule has 0 saturated carbocycles. The average Bonchev–Trinajstić information content (AvgIpc) is 2.41. The van der Waals surface area contributed by atoms with Gasteiger partial charge in [0.25, 0.3) is 0 Å². The lowest BCUT2D eigenvalue weighted by molar-refractivity contribution is -0.122. The molecule has 130 valence electrons. The minimum absolute atomic E-state index is 0.0409. The number of hydrogen-bond donors (Lipinski definition) is 3. The molecule has 1 rings (SSSR count). The van der Waals surface area contributed by atoms with Crippen LogP contribution in [-0.2, 0) is 15.6 Å². The Labute approximate surface area is 140 Å². The van der Waals surface area contributed by atoms with E-state index in [0.717, 1.165) is 16.7 Å². The molecule has 1 aromatic rings. The van der Waals surface area contributed by atoms with Crippen molar-refractivity contribution in [2.75, 3.05) is 13.1 Å². The van der Waals surface area contributed by atoms with Gasteiger partial charge in [-0.15, -0.1) is 0 Å². The van der Waals surface area contributed by atoms with E-state index in [0.29, 0.717) is 18.8 Å². The SMILES string of the molecule is CC(C(=O)NCCN)c1cc(C(C)(C)C)c(O)c(C(C)(C)C)c1. The number of phenolic OH excluding ortho intramolecular Hbond substituents is 1. The van der Waals surface area contributed by atoms with Crippen molar-refractivity contribution in [1.82, 2.24) is 5.32 Å². The van der Waals surface area contributed by atoms with Crippen molar-refractivity contribution in [2.24, 2.45) is 5.73 Å². The summed E-state index contributed by atoms with van der Waals surface area (Å²) in [6.45, 7) is 15.2. The van der Waals surface area contributed by atoms with Crippen molar-refractivity contribution in [1.29, 1.82) is 0 Å². The number of phenols is 1. The summed E-state index contributed by atoms with van der Waals surface area (Å²) in [6.07, 6.45) is 0. The van der Waals surface area contributed by atoms with E-state index < -0.39 is 0 Å². The first-order valence-electron chi connectivity index (χ1n) is 8.25. The molecule has 0 heterocycles. The van der Waals surface area contributed by atoms with E-state index in [-0.39, 0.29) is 22.7 Å². The van der Waals surface area contributed by atoms with Crippen LogP contribution in [0.5, 0.6) is 5.75 Å². The molecule has 1 amide bonds. The Bertz CT molecular complexity index is 531. The minimum atomic E-state index is -0.288. The molecule has 4 N–H and O–H groups in total. The molecule has 23 heavy (non-hydrogen) atoms. The van der Waals surface area contributed by atoms with Gasteiger partial charge in [-0.05, 0) is 34.4 Å². The van der Waals surface area contributed by atoms with Crippen LogP contribution in [0.15, 0.2) is 12.1 Å². The zero-order valence-electron chi connectivity index (χ0n) is 15.6. The maximum atomic E-state index is 12.3. The van der Waals surface area contributed by atoms with Crippen LogP contribution in [0, 0.1) is 0 Å². The Morgan fingerprint density at radius 2 is 1.57 bits per heavy atom. The van der Waals surface area contributed by atoms with Gasteiger partial charge in [0, 0.05) is 13.1 Å². The number of carbonyl (C=O) groups is 1. The van der Waals surface area contributed by atoms with Crippen LogP contribution in [0.25, 0.3) is 0 Å². The number of rotatable bonds is 4. The molecule has 4 nitrogen and oxygen atoms in total. The number of nitrogens with two attached hydrogens (primary N) is 1. The highest BCUT2D eigenvalue weighted by Crippen LogP contribution is 2.41. The molecule has 0 aliphatic carbocycles. The molecule has 4 heteroatoms. The third-order valence-corrected chi connectivity index (χ3v) is 4.09. The number of amides is 1. The highest BCUT2D eigenvalue weighted by molar-refractivity contribution is 5.83. The molecule has 0 saturated heterocycles. The van der Waals surface area contributed by atoms with Gasteiger partial charge in [-0.2, -0.15) is 0 Å². The van der Waals surface area contributed by atoms with Crippen LogP contribution in [-0.4, -0.2) is 24.1 Å². The number of hydrogen-bond acceptors (Lipinski definition) is 3. The second-order valence-electron chi connectivity index (χ2n) is 8.27. The third kappa shape index (κ3) is 4.71. The summed E-state index contributed by atoms with van der Waals surface area (Å²) in [6, 6.07) is 3.91. The summed E-state index contributed by atoms with van der Waals surface area (Å²) in [4.78, 5) is 12.3. The topological polar surface area (TPSA) is 75.4 Å². The van der Waals surface area contributed by atoms with E-state index in [2.05, 4.69) is 46.9 Å². The first-order chi connectivity index (χ1) is 10.4. The molecular weight excluding hydrogens is 288 g/mol. The number of nitrogens with one attached hydrogen (secondary N) is 1. The normalized spacial score (nSPS) is 13.7. The molecule has 1 aromatic carbocycles. The maximum absolute atomic E-state index is 12.3. The molecule has 0 spiro atoms. The average molecular weight is 320 g/mol. The molecule has 0 aliphatic rings. The first kappa shape index (κ1) is 19.5. The first-order valence-corrected chi connectivity index (χ1v) is 8.25. The smallest absolute Gasteiger partial charge is 0.227 e. The van der Waals surface area contributed by atoms with Crippen LogP contribution in [0.1, 0.15) is 71.1 Å². The fourth-order valence-electron chi connectivity index (χ4n) is 2.55. The van der Waals surface area contributed by atoms with Gasteiger partial charge < -0.3 is 16.2 Å². The van der Waals surface area contributed by atoms with Crippen molar-refractivity contribution in [3.05, 3.63) is 28.8 Å². The molecule has 0 bridgehead atoms. The molecular formula is C19H32N2O2. The quantitative estimate of drug-likeness (QED) is 0.797. The lowest BCUT2D eigenvalue weighted by Gasteiger charge is -2.29. The third-order valence-electron chi connectivity index (χ3n) is 4.09. The summed E-state index contributed by atoms with van der Waals surface area (Å²) in [7, 11) is 0. The lowest BCUT2D eigenvalue weighted by Crippen LogP contribution is -2.32. The molecule has 0 aliphatic heterocycles. The maximum Gasteiger partial charge on any atom is 0.227 e. The van der Waals surface area contributed by atoms with E-state index in [1.807, 2.05) is 19.1 Å². The van der Waals surface area contributed by atoms with Crippen LogP contribution in [0.3, 0.4) is 0 Å². The largest absolute Gasteiger partial charge is 0.507 e. The second kappa shape index (κ2) is 6.91. The second-order valence-corrected chi connectivity index (χ2v) is 8.27. The Balaban J connectivity index is 3.41. The van der Waals surface area contributed by atoms with Crippen molar-refractivity contribution in [3.63, 3.8) is 0 Å². The monoisotopic (exact) mass is 320 g/mol. The van der Waals surface area contributed by atoms with Crippen LogP contribution < -0.4 is 11.1 Å².